The van der Waals surface area contributed by atoms with E-state index in [9.17, 15) is 47.5 Å². The van der Waals surface area contributed by atoms with Crippen molar-refractivity contribution in [2.45, 2.75) is 284 Å². The molecule has 2 saturated carbocycles. The van der Waals surface area contributed by atoms with E-state index in [2.05, 4.69) is 76.6 Å². The third kappa shape index (κ3) is 24.9. The van der Waals surface area contributed by atoms with Gasteiger partial charge in [-0.2, -0.15) is 0 Å². The van der Waals surface area contributed by atoms with Gasteiger partial charge in [0.1, 0.15) is 55.7 Å². The van der Waals surface area contributed by atoms with Gasteiger partial charge < -0.3 is 50.3 Å². The molecule has 12 atom stereocenters. The Kier molecular flexibility index (Phi) is 36.6. The first kappa shape index (κ1) is 107. The maximum absolute atomic E-state index is 14.1. The van der Waals surface area contributed by atoms with Crippen LogP contribution < -0.4 is 21.3 Å². The zero-order chi connectivity index (χ0) is 103. The topological polar surface area (TPSA) is 323 Å². The van der Waals surface area contributed by atoms with E-state index in [1.54, 1.807) is 53.2 Å². The van der Waals surface area contributed by atoms with Crippen molar-refractivity contribution in [2.75, 3.05) is 52.6 Å². The highest BCUT2D eigenvalue weighted by Gasteiger charge is 2.47. The monoisotopic (exact) mass is 2070 g/mol. The number of hydrogen-bond donors (Lipinski definition) is 4. The van der Waals surface area contributed by atoms with Crippen LogP contribution in [-0.2, 0) is 54.4 Å². The second-order valence-electron chi connectivity index (χ2n) is 41.4. The third-order valence-corrected chi connectivity index (χ3v) is 35.8. The van der Waals surface area contributed by atoms with E-state index in [-0.39, 0.29) is 130 Å². The number of amides is 8. The normalized spacial score (nSPS) is 20.5. The average Bonchev–Trinajstić information content (AvgIpc) is 1.68. The summed E-state index contributed by atoms with van der Waals surface area (Å²) in [5.41, 5.74) is 11.8. The Morgan fingerprint density at radius 3 is 1.07 bits per heavy atom. The number of carbonyl (C=O) groups excluding carboxylic acids is 9. The molecule has 0 unspecified atom stereocenters. The first-order valence-electron chi connectivity index (χ1n) is 53.9. The quantitative estimate of drug-likeness (QED) is 0.0317. The molecule has 0 radical (unpaired) electrons. The fourth-order valence-corrected chi connectivity index (χ4v) is 26.3. The maximum atomic E-state index is 14.1. The van der Waals surface area contributed by atoms with Gasteiger partial charge in [-0.1, -0.05) is 167 Å². The van der Waals surface area contributed by atoms with Crippen molar-refractivity contribution < 1.29 is 57.0 Å². The number of Topliss-reactive ketones (excluding diaryl/α,β-unsaturated/α-hetero) is 1. The molecule has 6 saturated heterocycles. The Morgan fingerprint density at radius 2 is 0.701 bits per heavy atom. The minimum atomic E-state index is -0.545. The van der Waals surface area contributed by atoms with Crippen molar-refractivity contribution in [3.05, 3.63) is 197 Å². The van der Waals surface area contributed by atoms with E-state index in [4.69, 9.17) is 29.4 Å². The second-order valence-corrected chi connectivity index (χ2v) is 45.0. The lowest BCUT2D eigenvalue weighted by molar-refractivity contribution is -0.141. The SMILES string of the molecule is CC[C@@H](C)C(=O)N[C@H](C(=O)N1CCC[C@H]1c1nc(-c2ccc(C(C)=O)c3ccccc23)cs1)C1CCCCC1.CC[C@@H](C)C(=O)N[C@H](C(=O)N1CCC[C@H]1c1nc(-c2cccc3ncccc23)cs1)C1CCCCC1.CC[C@@H](C)C(=O)N[C@H](C(=O)N1CCC[C@H]1c1nc(-c2cccc3ncccc23)cs1)C1CCOCC1.CC[C@@H](C)C(=O)N[C@H](C(=O)N1CCC[C@H]1c1nc(C2=NCc3cc(F)ccc32)cs1)C1CCOCC1. The van der Waals surface area contributed by atoms with E-state index in [0.717, 1.165) is 270 Å². The van der Waals surface area contributed by atoms with Gasteiger partial charge in [0, 0.05) is 149 Å². The smallest absolute Gasteiger partial charge is 0.246 e. The molecule has 778 valence electrons. The largest absolute Gasteiger partial charge is 0.381 e. The number of benzene rings is 5. The molecular formula is C116H142FN15O11S4. The number of pyridine rings is 2. The number of nitrogens with one attached hydrogen (secondary N) is 4. The molecule has 5 aromatic carbocycles. The van der Waals surface area contributed by atoms with Crippen molar-refractivity contribution in [3.63, 3.8) is 0 Å². The van der Waals surface area contributed by atoms with Gasteiger partial charge in [-0.25, -0.2) is 24.3 Å². The lowest BCUT2D eigenvalue weighted by atomic mass is 9.83. The molecule has 11 aromatic rings. The molecule has 6 aromatic heterocycles. The van der Waals surface area contributed by atoms with Crippen molar-refractivity contribution in [1.29, 1.82) is 0 Å². The molecule has 8 amide bonds. The number of aliphatic imine (C=N–C) groups is 1. The fraction of sp³-hybridized carbons (Fsp3) is 0.517. The zero-order valence-electron chi connectivity index (χ0n) is 86.3. The second kappa shape index (κ2) is 50.3. The summed E-state index contributed by atoms with van der Waals surface area (Å²) in [5, 5.41) is 28.7. The molecule has 0 spiro atoms. The van der Waals surface area contributed by atoms with E-state index < -0.39 is 24.2 Å². The first-order chi connectivity index (χ1) is 71.5. The summed E-state index contributed by atoms with van der Waals surface area (Å²) in [7, 11) is 0. The van der Waals surface area contributed by atoms with Gasteiger partial charge in [-0.15, -0.1) is 45.3 Å². The van der Waals surface area contributed by atoms with Crippen LogP contribution in [0, 0.1) is 53.2 Å². The molecule has 8 fully saturated rings. The van der Waals surface area contributed by atoms with Crippen LogP contribution in [0.15, 0.2) is 154 Å². The van der Waals surface area contributed by atoms with Crippen molar-refractivity contribution in [3.8, 4) is 33.8 Å². The molecule has 20 rings (SSSR count). The molecule has 4 N–H and O–H groups in total. The van der Waals surface area contributed by atoms with Crippen LogP contribution in [0.4, 0.5) is 4.39 Å². The summed E-state index contributed by atoms with van der Waals surface area (Å²) in [6.07, 6.45) is 27.8. The minimum Gasteiger partial charge on any atom is -0.381 e. The van der Waals surface area contributed by atoms with Gasteiger partial charge in [0.05, 0.1) is 64.5 Å². The number of fused-ring (bicyclic) bond motifs is 4. The van der Waals surface area contributed by atoms with E-state index in [1.807, 2.05) is 159 Å². The number of aromatic nitrogens is 6. The van der Waals surface area contributed by atoms with Crippen LogP contribution in [0.5, 0.6) is 0 Å². The number of nitrogens with zero attached hydrogens (tertiary/aromatic N) is 11. The number of halogens is 1. The Labute approximate surface area is 878 Å². The van der Waals surface area contributed by atoms with Crippen LogP contribution in [-0.4, -0.2) is 185 Å². The van der Waals surface area contributed by atoms with E-state index in [0.29, 0.717) is 58.2 Å². The van der Waals surface area contributed by atoms with Gasteiger partial charge >= 0.3 is 0 Å². The predicted octanol–water partition coefficient (Wildman–Crippen LogP) is 22.3. The number of ketones is 1. The first-order valence-corrected chi connectivity index (χ1v) is 57.4. The van der Waals surface area contributed by atoms with Crippen LogP contribution in [0.1, 0.15) is 301 Å². The standard InChI is InChI=1S/C32H39N3O3S.C29H36N4O2S.C28H34N4O3S.C27H33FN4O3S/c1-4-20(2)30(37)34-29(22-11-6-5-7-12-22)32(38)35-18-10-15-28(35)31-33-27(19-39-31)26-17-16-23(21(3)36)24-13-8-9-14-25(24)26;1-3-19(2)27(34)32-26(20-10-5-4-6-11-20)29(35)33-17-9-15-25(33)28-31-24(18-36-28)22-12-7-14-23-21(22)13-8-16-30-23;1-3-18(2)26(33)31-25(19-11-15-35-16-12-19)28(34)32-14-6-10-24(32)27-30-23(17-36-27)21-7-4-9-22-20(21)8-5-13-29-22;1-3-16(2)25(33)31-23(17-8-11-35-12-9-17)27(34)32-10-4-5-22(32)26-30-21(15-36-26)24-20-7-6-19(28)13-18(20)14-29-24/h8-9,13-14,16-17,19-20,22,28-29H,4-7,10-12,15,18H2,1-3H3,(H,34,37);7-8,12-14,16,18-20,25-26H,3-6,9-11,15,17H2,1-2H3,(H,32,34);4-5,7-9,13,17-19,24-25H,3,6,10-12,14-16H2,1-2H3,(H,31,33);6-7,13,15-17,22-23H,3-5,8-12,14H2,1-2H3,(H,31,33)/t20-,28+,29+;19-,25+,26+;18-,24+,25+;16-,22+,23+/m1111/s1. The molecule has 0 bridgehead atoms. The van der Waals surface area contributed by atoms with Gasteiger partial charge in [0.2, 0.25) is 47.3 Å². The van der Waals surface area contributed by atoms with Gasteiger partial charge in [0.25, 0.3) is 0 Å². The highest BCUT2D eigenvalue weighted by molar-refractivity contribution is 7.11. The predicted molar refractivity (Wildman–Crippen MR) is 579 cm³/mol. The number of rotatable bonds is 29. The third-order valence-electron chi connectivity index (χ3n) is 32.0. The number of hydrogen-bond acceptors (Lipinski definition) is 22. The van der Waals surface area contributed by atoms with Gasteiger partial charge in [-0.3, -0.25) is 58.1 Å². The lowest BCUT2D eigenvalue weighted by Crippen LogP contribution is -2.54. The van der Waals surface area contributed by atoms with Crippen molar-refractivity contribution in [1.82, 2.24) is 70.8 Å². The Morgan fingerprint density at radius 1 is 0.367 bits per heavy atom. The molecule has 2 aliphatic carbocycles. The zero-order valence-corrected chi connectivity index (χ0v) is 89.6. The number of likely N-dealkylation sites (tertiary alicyclic amines) is 4. The van der Waals surface area contributed by atoms with E-state index >= 15 is 0 Å². The van der Waals surface area contributed by atoms with E-state index in [1.165, 1.54) is 36.3 Å². The summed E-state index contributed by atoms with van der Waals surface area (Å²) in [6.45, 7) is 23.0. The van der Waals surface area contributed by atoms with Crippen LogP contribution >= 0.6 is 45.3 Å². The summed E-state index contributed by atoms with van der Waals surface area (Å²) >= 11 is 6.36. The fourth-order valence-electron chi connectivity index (χ4n) is 22.5. The summed E-state index contributed by atoms with van der Waals surface area (Å²) in [6, 6.07) is 34.6. The van der Waals surface area contributed by atoms with Crippen LogP contribution in [0.3, 0.4) is 0 Å². The maximum Gasteiger partial charge on any atom is 0.246 e. The molecule has 26 nitrogen and oxygen atoms in total. The number of carbonyl (C=O) groups is 9. The van der Waals surface area contributed by atoms with Gasteiger partial charge in [0.15, 0.2) is 5.78 Å². The number of thiazole rings is 4. The lowest BCUT2D eigenvalue weighted by Gasteiger charge is -2.35. The van der Waals surface area contributed by atoms with Crippen LogP contribution in [0.2, 0.25) is 0 Å². The van der Waals surface area contributed by atoms with Crippen LogP contribution in [0.25, 0.3) is 66.4 Å². The molecule has 7 aliphatic heterocycles. The number of ether oxygens (including phenoxy) is 2. The average molecular weight is 2070 g/mol. The molecular weight excluding hydrogens is 1930 g/mol. The Bertz CT molecular complexity index is 6290. The van der Waals surface area contributed by atoms with Crippen molar-refractivity contribution in [2.24, 2.45) is 52.3 Å². The molecule has 13 heterocycles. The highest BCUT2D eigenvalue weighted by Crippen LogP contribution is 2.46. The molecule has 31 heteroatoms. The summed E-state index contributed by atoms with van der Waals surface area (Å²) < 4.78 is 24.7. The summed E-state index contributed by atoms with van der Waals surface area (Å²) in [5.74, 6) is -0.0960. The Hall–Kier alpha value is -11.4. The van der Waals surface area contributed by atoms with Gasteiger partial charge in [-0.05, 0) is 218 Å². The van der Waals surface area contributed by atoms with Crippen molar-refractivity contribution >= 4 is 137 Å². The summed E-state index contributed by atoms with van der Waals surface area (Å²) in [4.78, 5) is 161. The Balaban J connectivity index is 0.000000134. The molecule has 147 heavy (non-hydrogen) atoms. The highest BCUT2D eigenvalue weighted by atomic mass is 32.1. The molecule has 9 aliphatic rings. The minimum absolute atomic E-state index is 0.00160.